The Morgan fingerprint density at radius 3 is 2.52 bits per heavy atom. The van der Waals surface area contributed by atoms with Crippen LogP contribution in [-0.4, -0.2) is 29.1 Å². The molecular weight excluding hydrogens is 286 g/mol. The molecule has 0 amide bonds. The maximum absolute atomic E-state index is 4.25. The molecule has 0 fully saturated rings. The monoisotopic (exact) mass is 313 g/mol. The SMILES string of the molecule is CN=C(NCCC(C)C)NCc1ccc(Cn2ccnc2)cc1. The molecule has 0 bridgehead atoms. The first-order chi connectivity index (χ1) is 11.2. The molecule has 0 radical (unpaired) electrons. The molecule has 0 aliphatic carbocycles. The molecule has 5 nitrogen and oxygen atoms in total. The first-order valence-corrected chi connectivity index (χ1v) is 8.15. The number of benzene rings is 1. The number of guanidine groups is 1. The lowest BCUT2D eigenvalue weighted by molar-refractivity contribution is 0.573. The Bertz CT molecular complexity index is 584. The number of aromatic nitrogens is 2. The number of nitrogens with zero attached hydrogens (tertiary/aromatic N) is 3. The van der Waals surface area contributed by atoms with E-state index in [1.807, 2.05) is 12.5 Å². The number of imidazole rings is 1. The summed E-state index contributed by atoms with van der Waals surface area (Å²) in [7, 11) is 1.80. The molecule has 1 aromatic carbocycles. The lowest BCUT2D eigenvalue weighted by Gasteiger charge is -2.13. The minimum atomic E-state index is 0.698. The van der Waals surface area contributed by atoms with Crippen LogP contribution in [0.2, 0.25) is 0 Å². The molecule has 0 atom stereocenters. The molecule has 2 rings (SSSR count). The predicted octanol–water partition coefficient (Wildman–Crippen LogP) is 2.64. The zero-order valence-corrected chi connectivity index (χ0v) is 14.3. The van der Waals surface area contributed by atoms with Gasteiger partial charge in [-0.15, -0.1) is 0 Å². The topological polar surface area (TPSA) is 54.2 Å². The highest BCUT2D eigenvalue weighted by atomic mass is 15.2. The van der Waals surface area contributed by atoms with Crippen LogP contribution in [0, 0.1) is 5.92 Å². The van der Waals surface area contributed by atoms with Gasteiger partial charge in [-0.3, -0.25) is 4.99 Å². The molecule has 0 saturated heterocycles. The number of nitrogens with one attached hydrogen (secondary N) is 2. The molecule has 0 aliphatic rings. The number of hydrogen-bond donors (Lipinski definition) is 2. The highest BCUT2D eigenvalue weighted by Gasteiger charge is 2.00. The Labute approximate surface area is 138 Å². The van der Waals surface area contributed by atoms with Crippen LogP contribution in [0.4, 0.5) is 0 Å². The van der Waals surface area contributed by atoms with Crippen molar-refractivity contribution in [1.29, 1.82) is 0 Å². The second-order valence-corrected chi connectivity index (χ2v) is 6.09. The summed E-state index contributed by atoms with van der Waals surface area (Å²) in [5.74, 6) is 1.55. The Kier molecular flexibility index (Phi) is 6.66. The van der Waals surface area contributed by atoms with Crippen LogP contribution in [-0.2, 0) is 13.1 Å². The van der Waals surface area contributed by atoms with Crippen LogP contribution >= 0.6 is 0 Å². The maximum atomic E-state index is 4.25. The predicted molar refractivity (Wildman–Crippen MR) is 95.4 cm³/mol. The van der Waals surface area contributed by atoms with E-state index in [2.05, 4.69) is 63.3 Å². The molecule has 2 aromatic rings. The van der Waals surface area contributed by atoms with Gasteiger partial charge in [-0.25, -0.2) is 4.98 Å². The molecule has 1 heterocycles. The Balaban J connectivity index is 1.78. The molecule has 124 valence electrons. The quantitative estimate of drug-likeness (QED) is 0.610. The summed E-state index contributed by atoms with van der Waals surface area (Å²) in [4.78, 5) is 8.31. The van der Waals surface area contributed by atoms with E-state index in [9.17, 15) is 0 Å². The summed E-state index contributed by atoms with van der Waals surface area (Å²) in [6.45, 7) is 7.02. The van der Waals surface area contributed by atoms with E-state index < -0.39 is 0 Å². The molecule has 2 N–H and O–H groups in total. The molecule has 5 heteroatoms. The first-order valence-electron chi connectivity index (χ1n) is 8.15. The zero-order valence-electron chi connectivity index (χ0n) is 14.3. The van der Waals surface area contributed by atoms with Crippen molar-refractivity contribution in [1.82, 2.24) is 20.2 Å². The number of hydrogen-bond acceptors (Lipinski definition) is 2. The van der Waals surface area contributed by atoms with E-state index in [-0.39, 0.29) is 0 Å². The Hall–Kier alpha value is -2.30. The first kappa shape index (κ1) is 17.1. The van der Waals surface area contributed by atoms with Crippen molar-refractivity contribution >= 4 is 5.96 Å². The molecule has 0 spiro atoms. The summed E-state index contributed by atoms with van der Waals surface area (Å²) >= 11 is 0. The maximum Gasteiger partial charge on any atom is 0.191 e. The fourth-order valence-electron chi connectivity index (χ4n) is 2.24. The van der Waals surface area contributed by atoms with Crippen LogP contribution in [0.15, 0.2) is 48.0 Å². The lowest BCUT2D eigenvalue weighted by atomic mass is 10.1. The largest absolute Gasteiger partial charge is 0.356 e. The fraction of sp³-hybridized carbons (Fsp3) is 0.444. The van der Waals surface area contributed by atoms with Gasteiger partial charge < -0.3 is 15.2 Å². The summed E-state index contributed by atoms with van der Waals surface area (Å²) in [5, 5.41) is 6.69. The molecule has 0 saturated carbocycles. The van der Waals surface area contributed by atoms with Gasteiger partial charge in [0.05, 0.1) is 6.33 Å². The second kappa shape index (κ2) is 8.98. The summed E-state index contributed by atoms with van der Waals surface area (Å²) in [6.07, 6.45) is 6.75. The minimum Gasteiger partial charge on any atom is -0.356 e. The normalized spacial score (nSPS) is 11.7. The van der Waals surface area contributed by atoms with Gasteiger partial charge in [0.2, 0.25) is 0 Å². The average Bonchev–Trinajstić information content (AvgIpc) is 3.05. The fourth-order valence-corrected chi connectivity index (χ4v) is 2.24. The van der Waals surface area contributed by atoms with Gasteiger partial charge in [0.1, 0.15) is 0 Å². The smallest absolute Gasteiger partial charge is 0.191 e. The summed E-state index contributed by atoms with van der Waals surface area (Å²) < 4.78 is 2.06. The average molecular weight is 313 g/mol. The van der Waals surface area contributed by atoms with Gasteiger partial charge in [-0.05, 0) is 23.5 Å². The van der Waals surface area contributed by atoms with Gasteiger partial charge >= 0.3 is 0 Å². The third-order valence-corrected chi connectivity index (χ3v) is 3.65. The van der Waals surface area contributed by atoms with Gasteiger partial charge in [0, 0.05) is 39.1 Å². The Morgan fingerprint density at radius 1 is 1.17 bits per heavy atom. The van der Waals surface area contributed by atoms with Crippen LogP contribution in [0.25, 0.3) is 0 Å². The lowest BCUT2D eigenvalue weighted by Crippen LogP contribution is -2.37. The van der Waals surface area contributed by atoms with E-state index >= 15 is 0 Å². The van der Waals surface area contributed by atoms with Crippen molar-refractivity contribution < 1.29 is 0 Å². The van der Waals surface area contributed by atoms with Gasteiger partial charge in [0.15, 0.2) is 5.96 Å². The minimum absolute atomic E-state index is 0.698. The number of rotatable bonds is 7. The standard InChI is InChI=1S/C18H27N5/c1-15(2)8-9-21-18(19-3)22-12-16-4-6-17(7-5-16)13-23-11-10-20-14-23/h4-7,10-11,14-15H,8-9,12-13H2,1-3H3,(H2,19,21,22). The van der Waals surface area contributed by atoms with Crippen LogP contribution in [0.1, 0.15) is 31.4 Å². The summed E-state index contributed by atoms with van der Waals surface area (Å²) in [5.41, 5.74) is 2.51. The van der Waals surface area contributed by atoms with Crippen LogP contribution in [0.5, 0.6) is 0 Å². The molecule has 1 aromatic heterocycles. The van der Waals surface area contributed by atoms with E-state index in [1.54, 1.807) is 13.2 Å². The van der Waals surface area contributed by atoms with E-state index in [1.165, 1.54) is 11.1 Å². The van der Waals surface area contributed by atoms with Crippen molar-refractivity contribution in [2.45, 2.75) is 33.4 Å². The van der Waals surface area contributed by atoms with Crippen LogP contribution in [0.3, 0.4) is 0 Å². The van der Waals surface area contributed by atoms with E-state index in [0.29, 0.717) is 5.92 Å². The van der Waals surface area contributed by atoms with Crippen molar-refractivity contribution in [3.05, 3.63) is 54.1 Å². The van der Waals surface area contributed by atoms with Gasteiger partial charge in [-0.2, -0.15) is 0 Å². The van der Waals surface area contributed by atoms with Crippen molar-refractivity contribution in [3.63, 3.8) is 0 Å². The van der Waals surface area contributed by atoms with Crippen molar-refractivity contribution in [2.75, 3.05) is 13.6 Å². The van der Waals surface area contributed by atoms with Crippen molar-refractivity contribution in [3.8, 4) is 0 Å². The van der Waals surface area contributed by atoms with Crippen LogP contribution < -0.4 is 10.6 Å². The van der Waals surface area contributed by atoms with Gasteiger partial charge in [-0.1, -0.05) is 38.1 Å². The van der Waals surface area contributed by atoms with E-state index in [4.69, 9.17) is 0 Å². The highest BCUT2D eigenvalue weighted by Crippen LogP contribution is 2.06. The highest BCUT2D eigenvalue weighted by molar-refractivity contribution is 5.79. The zero-order chi connectivity index (χ0) is 16.5. The molecule has 0 unspecified atom stereocenters. The Morgan fingerprint density at radius 2 is 1.91 bits per heavy atom. The molecule has 0 aliphatic heterocycles. The second-order valence-electron chi connectivity index (χ2n) is 6.09. The third-order valence-electron chi connectivity index (χ3n) is 3.65. The van der Waals surface area contributed by atoms with Gasteiger partial charge in [0.25, 0.3) is 0 Å². The summed E-state index contributed by atoms with van der Waals surface area (Å²) in [6, 6.07) is 8.62. The third kappa shape index (κ3) is 6.14. The molecule has 23 heavy (non-hydrogen) atoms. The number of aliphatic imine (C=N–C) groups is 1. The molecular formula is C18H27N5. The van der Waals surface area contributed by atoms with Crippen molar-refractivity contribution in [2.24, 2.45) is 10.9 Å². The van der Waals surface area contributed by atoms with E-state index in [0.717, 1.165) is 32.0 Å².